The fraction of sp³-hybridized carbons (Fsp3) is 0.348. The quantitative estimate of drug-likeness (QED) is 0.763. The molecule has 1 N–H and O–H groups in total. The van der Waals surface area contributed by atoms with Gasteiger partial charge in [-0.15, -0.1) is 0 Å². The van der Waals surface area contributed by atoms with Crippen molar-refractivity contribution < 1.29 is 19.1 Å². The summed E-state index contributed by atoms with van der Waals surface area (Å²) in [6.45, 7) is 2.24. The number of nitrogens with zero attached hydrogens (tertiary/aromatic N) is 2. The highest BCUT2D eigenvalue weighted by Gasteiger charge is 2.38. The van der Waals surface area contributed by atoms with Crippen LogP contribution in [0.3, 0.4) is 0 Å². The summed E-state index contributed by atoms with van der Waals surface area (Å²) in [5, 5.41) is 2.76. The van der Waals surface area contributed by atoms with Crippen LogP contribution in [-0.2, 0) is 14.4 Å². The summed E-state index contributed by atoms with van der Waals surface area (Å²) in [4.78, 5) is 40.8. The zero-order valence-electron chi connectivity index (χ0n) is 17.5. The largest absolute Gasteiger partial charge is 0.497 e. The van der Waals surface area contributed by atoms with Gasteiger partial charge in [-0.3, -0.25) is 14.4 Å². The van der Waals surface area contributed by atoms with Crippen LogP contribution < -0.4 is 10.1 Å². The molecule has 30 heavy (non-hydrogen) atoms. The van der Waals surface area contributed by atoms with Gasteiger partial charge in [-0.2, -0.15) is 0 Å². The highest BCUT2D eigenvalue weighted by molar-refractivity contribution is 5.96. The fourth-order valence-electron chi connectivity index (χ4n) is 3.66. The number of carbonyl (C=O) groups is 3. The number of ether oxygens (including phenoxy) is 1. The summed E-state index contributed by atoms with van der Waals surface area (Å²) in [5.74, 6) is -0.283. The third-order valence-corrected chi connectivity index (χ3v) is 5.39. The van der Waals surface area contributed by atoms with E-state index >= 15 is 0 Å². The second-order valence-electron chi connectivity index (χ2n) is 7.50. The molecule has 1 heterocycles. The average Bonchev–Trinajstić information content (AvgIpc) is 3.15. The number of amides is 3. The molecule has 2 atom stereocenters. The Hall–Kier alpha value is -3.35. The fourth-order valence-corrected chi connectivity index (χ4v) is 3.66. The highest BCUT2D eigenvalue weighted by Crippen LogP contribution is 2.29. The molecule has 0 bridgehead atoms. The third-order valence-electron chi connectivity index (χ3n) is 5.39. The van der Waals surface area contributed by atoms with Gasteiger partial charge in [-0.25, -0.2) is 0 Å². The zero-order chi connectivity index (χ0) is 21.7. The van der Waals surface area contributed by atoms with Gasteiger partial charge in [0.1, 0.15) is 5.75 Å². The number of anilines is 1. The predicted molar refractivity (Wildman–Crippen MR) is 114 cm³/mol. The Labute approximate surface area is 176 Å². The van der Waals surface area contributed by atoms with Crippen LogP contribution in [0.25, 0.3) is 0 Å². The molecular formula is C23H27N3O4. The van der Waals surface area contributed by atoms with Gasteiger partial charge in [-0.05, 0) is 36.8 Å². The second-order valence-corrected chi connectivity index (χ2v) is 7.50. The number of hydrogen-bond donors (Lipinski definition) is 1. The highest BCUT2D eigenvalue weighted by atomic mass is 16.5. The van der Waals surface area contributed by atoms with E-state index in [0.29, 0.717) is 18.0 Å². The molecule has 0 spiro atoms. The smallest absolute Gasteiger partial charge is 0.243 e. The Kier molecular flexibility index (Phi) is 6.72. The van der Waals surface area contributed by atoms with Crippen molar-refractivity contribution in [3.05, 3.63) is 60.2 Å². The molecule has 7 heteroatoms. The lowest BCUT2D eigenvalue weighted by atomic mass is 10.1. The van der Waals surface area contributed by atoms with Crippen LogP contribution in [0.1, 0.15) is 24.9 Å². The molecule has 0 aromatic heterocycles. The molecule has 0 saturated carbocycles. The van der Waals surface area contributed by atoms with Crippen molar-refractivity contribution in [2.24, 2.45) is 5.92 Å². The minimum atomic E-state index is -0.442. The van der Waals surface area contributed by atoms with Crippen LogP contribution in [0.4, 0.5) is 5.69 Å². The van der Waals surface area contributed by atoms with Crippen molar-refractivity contribution in [3.8, 4) is 5.75 Å². The van der Waals surface area contributed by atoms with E-state index in [1.54, 1.807) is 43.3 Å². The van der Waals surface area contributed by atoms with E-state index in [-0.39, 0.29) is 36.7 Å². The van der Waals surface area contributed by atoms with Crippen LogP contribution in [-0.4, -0.2) is 54.8 Å². The number of likely N-dealkylation sites (N-methyl/N-ethyl adjacent to an activating group) is 1. The minimum absolute atomic E-state index is 0.0409. The number of carbonyl (C=O) groups excluding carboxylic acids is 3. The van der Waals surface area contributed by atoms with Gasteiger partial charge < -0.3 is 19.9 Å². The van der Waals surface area contributed by atoms with Gasteiger partial charge in [0.05, 0.1) is 25.6 Å². The van der Waals surface area contributed by atoms with E-state index in [9.17, 15) is 14.4 Å². The topological polar surface area (TPSA) is 79.0 Å². The number of hydrogen-bond acceptors (Lipinski definition) is 4. The Morgan fingerprint density at radius 1 is 1.17 bits per heavy atom. The lowest BCUT2D eigenvalue weighted by molar-refractivity contribution is -0.137. The molecule has 1 saturated heterocycles. The maximum Gasteiger partial charge on any atom is 0.243 e. The first kappa shape index (κ1) is 21.4. The summed E-state index contributed by atoms with van der Waals surface area (Å²) < 4.78 is 5.09. The normalized spacial score (nSPS) is 16.8. The first-order valence-corrected chi connectivity index (χ1v) is 9.92. The van der Waals surface area contributed by atoms with Crippen molar-refractivity contribution in [2.75, 3.05) is 32.6 Å². The van der Waals surface area contributed by atoms with Crippen LogP contribution in [0.5, 0.6) is 5.75 Å². The van der Waals surface area contributed by atoms with E-state index in [4.69, 9.17) is 4.74 Å². The van der Waals surface area contributed by atoms with Gasteiger partial charge in [0, 0.05) is 25.7 Å². The molecule has 1 aliphatic heterocycles. The summed E-state index contributed by atoms with van der Waals surface area (Å²) in [5.41, 5.74) is 1.66. The molecule has 0 radical (unpaired) electrons. The van der Waals surface area contributed by atoms with Gasteiger partial charge in [0.25, 0.3) is 0 Å². The van der Waals surface area contributed by atoms with Gasteiger partial charge in [0.15, 0.2) is 0 Å². The van der Waals surface area contributed by atoms with Crippen molar-refractivity contribution in [1.82, 2.24) is 9.80 Å². The van der Waals surface area contributed by atoms with Crippen LogP contribution in [0.2, 0.25) is 0 Å². The van der Waals surface area contributed by atoms with Crippen molar-refractivity contribution in [1.29, 1.82) is 0 Å². The zero-order valence-corrected chi connectivity index (χ0v) is 17.5. The van der Waals surface area contributed by atoms with E-state index in [0.717, 1.165) is 5.56 Å². The maximum atomic E-state index is 12.8. The molecule has 158 valence electrons. The second kappa shape index (κ2) is 9.43. The number of benzene rings is 2. The number of likely N-dealkylation sites (tertiary alicyclic amines) is 1. The number of rotatable bonds is 7. The summed E-state index contributed by atoms with van der Waals surface area (Å²) in [7, 11) is 3.16. The van der Waals surface area contributed by atoms with Gasteiger partial charge in [0.2, 0.25) is 17.7 Å². The maximum absolute atomic E-state index is 12.8. The van der Waals surface area contributed by atoms with Crippen molar-refractivity contribution in [2.45, 2.75) is 19.4 Å². The molecule has 0 aliphatic carbocycles. The van der Waals surface area contributed by atoms with Gasteiger partial charge >= 0.3 is 0 Å². The van der Waals surface area contributed by atoms with E-state index in [1.165, 1.54) is 4.90 Å². The Morgan fingerprint density at radius 3 is 2.47 bits per heavy atom. The lowest BCUT2D eigenvalue weighted by Crippen LogP contribution is -2.39. The summed E-state index contributed by atoms with van der Waals surface area (Å²) >= 11 is 0. The molecular weight excluding hydrogens is 382 g/mol. The molecule has 1 aliphatic rings. The molecule has 3 rings (SSSR count). The predicted octanol–water partition coefficient (Wildman–Crippen LogP) is 2.70. The third kappa shape index (κ3) is 4.97. The van der Waals surface area contributed by atoms with E-state index in [1.807, 2.05) is 37.3 Å². The molecule has 2 aromatic rings. The first-order valence-electron chi connectivity index (χ1n) is 9.92. The van der Waals surface area contributed by atoms with E-state index in [2.05, 4.69) is 5.32 Å². The van der Waals surface area contributed by atoms with E-state index < -0.39 is 5.92 Å². The first-order chi connectivity index (χ1) is 14.4. The Morgan fingerprint density at radius 2 is 1.83 bits per heavy atom. The van der Waals surface area contributed by atoms with Crippen LogP contribution >= 0.6 is 0 Å². The minimum Gasteiger partial charge on any atom is -0.497 e. The Bertz CT molecular complexity index is 898. The lowest BCUT2D eigenvalue weighted by Gasteiger charge is -2.26. The number of methoxy groups -OCH3 is 1. The molecule has 3 amide bonds. The molecule has 1 fully saturated rings. The van der Waals surface area contributed by atoms with Gasteiger partial charge in [-0.1, -0.05) is 30.3 Å². The van der Waals surface area contributed by atoms with Crippen LogP contribution in [0.15, 0.2) is 54.6 Å². The Balaban J connectivity index is 1.55. The average molecular weight is 409 g/mol. The molecule has 7 nitrogen and oxygen atoms in total. The molecule has 2 aromatic carbocycles. The summed E-state index contributed by atoms with van der Waals surface area (Å²) in [6, 6.07) is 16.6. The van der Waals surface area contributed by atoms with Crippen molar-refractivity contribution >= 4 is 23.4 Å². The number of nitrogens with one attached hydrogen (secondary N) is 1. The monoisotopic (exact) mass is 409 g/mol. The standard InChI is InChI=1S/C23H27N3O4/c1-16(17-7-5-4-6-8-17)26-14-18(13-22(26)28)23(29)25(2)15-21(27)24-19-9-11-20(30-3)12-10-19/h4-12,16,18H,13-15H2,1-3H3,(H,24,27)/t16-,18-/m1/s1. The van der Waals surface area contributed by atoms with Crippen LogP contribution in [0, 0.1) is 5.92 Å². The summed E-state index contributed by atoms with van der Waals surface area (Å²) in [6.07, 6.45) is 0.167. The molecule has 0 unspecified atom stereocenters. The van der Waals surface area contributed by atoms with Crippen molar-refractivity contribution in [3.63, 3.8) is 0 Å². The SMILES string of the molecule is COc1ccc(NC(=O)CN(C)C(=O)[C@@H]2CC(=O)N([C@H](C)c3ccccc3)C2)cc1.